The van der Waals surface area contributed by atoms with Gasteiger partial charge < -0.3 is 9.72 Å². The summed E-state index contributed by atoms with van der Waals surface area (Å²) in [7, 11) is 0. The van der Waals surface area contributed by atoms with Crippen molar-refractivity contribution in [1.29, 1.82) is 0 Å². The highest BCUT2D eigenvalue weighted by molar-refractivity contribution is 6.32. The Balaban J connectivity index is 1.92. The smallest absolute Gasteiger partial charge is 0.138 e. The van der Waals surface area contributed by atoms with Crippen LogP contribution >= 0.6 is 11.6 Å². The van der Waals surface area contributed by atoms with Crippen LogP contribution < -0.4 is 4.74 Å². The second-order valence-electron chi connectivity index (χ2n) is 4.77. The number of hydrogen-bond acceptors (Lipinski definition) is 2. The van der Waals surface area contributed by atoms with Crippen LogP contribution in [0, 0.1) is 13.8 Å². The van der Waals surface area contributed by atoms with E-state index in [0.29, 0.717) is 17.4 Å². The third-order valence-corrected chi connectivity index (χ3v) is 3.82. The molecule has 0 aliphatic rings. The first-order chi connectivity index (χ1) is 9.66. The van der Waals surface area contributed by atoms with E-state index >= 15 is 0 Å². The molecule has 0 atom stereocenters. The zero-order valence-electron chi connectivity index (χ0n) is 11.4. The number of nitrogens with one attached hydrogen (secondary N) is 1. The van der Waals surface area contributed by atoms with Crippen LogP contribution in [0.25, 0.3) is 10.9 Å². The molecule has 3 aromatic rings. The lowest BCUT2D eigenvalue weighted by Crippen LogP contribution is -1.99. The van der Waals surface area contributed by atoms with Gasteiger partial charge in [0.05, 0.1) is 10.5 Å². The summed E-state index contributed by atoms with van der Waals surface area (Å²) in [5.74, 6) is 0.674. The summed E-state index contributed by atoms with van der Waals surface area (Å²) in [6.07, 6.45) is 1.81. The fraction of sp³-hybridized carbons (Fsp3) is 0.188. The first-order valence-corrected chi connectivity index (χ1v) is 6.84. The zero-order valence-corrected chi connectivity index (χ0v) is 12.2. The van der Waals surface area contributed by atoms with Crippen LogP contribution in [-0.4, -0.2) is 9.97 Å². The molecule has 0 aliphatic carbocycles. The summed E-state index contributed by atoms with van der Waals surface area (Å²) in [4.78, 5) is 7.78. The molecule has 0 spiro atoms. The van der Waals surface area contributed by atoms with Gasteiger partial charge in [0.25, 0.3) is 0 Å². The highest BCUT2D eigenvalue weighted by Crippen LogP contribution is 2.26. The van der Waals surface area contributed by atoms with Crippen molar-refractivity contribution in [3.8, 4) is 5.75 Å². The van der Waals surface area contributed by atoms with Crippen LogP contribution in [0.5, 0.6) is 5.75 Å². The van der Waals surface area contributed by atoms with Crippen molar-refractivity contribution in [1.82, 2.24) is 9.97 Å². The Hall–Kier alpha value is -2.00. The maximum absolute atomic E-state index is 6.08. The Morgan fingerprint density at radius 2 is 2.00 bits per heavy atom. The van der Waals surface area contributed by atoms with Gasteiger partial charge in [0.2, 0.25) is 0 Å². The quantitative estimate of drug-likeness (QED) is 0.774. The van der Waals surface area contributed by atoms with Crippen molar-refractivity contribution >= 4 is 22.5 Å². The number of aromatic nitrogens is 2. The van der Waals surface area contributed by atoms with Gasteiger partial charge in [-0.15, -0.1) is 0 Å². The average molecular weight is 287 g/mol. The third-order valence-electron chi connectivity index (χ3n) is 3.51. The van der Waals surface area contributed by atoms with Crippen molar-refractivity contribution in [2.75, 3.05) is 0 Å². The predicted octanol–water partition coefficient (Wildman–Crippen LogP) is 4.41. The van der Waals surface area contributed by atoms with E-state index in [2.05, 4.69) is 23.8 Å². The molecule has 0 bridgehead atoms. The number of halogens is 1. The first-order valence-electron chi connectivity index (χ1n) is 6.47. The number of aryl methyl sites for hydroxylation is 2. The molecule has 102 valence electrons. The summed E-state index contributed by atoms with van der Waals surface area (Å²) in [5.41, 5.74) is 4.33. The molecular weight excluding hydrogens is 272 g/mol. The van der Waals surface area contributed by atoms with E-state index in [1.165, 1.54) is 10.9 Å². The zero-order chi connectivity index (χ0) is 14.1. The number of aromatic amines is 1. The molecule has 1 N–H and O–H groups in total. The largest absolute Gasteiger partial charge is 0.486 e. The average Bonchev–Trinajstić information content (AvgIpc) is 2.74. The number of H-pyrrole nitrogens is 1. The van der Waals surface area contributed by atoms with Crippen LogP contribution in [0.15, 0.2) is 36.5 Å². The fourth-order valence-electron chi connectivity index (χ4n) is 2.26. The number of fused-ring (bicyclic) bond motifs is 1. The number of pyridine rings is 1. The molecule has 3 rings (SSSR count). The van der Waals surface area contributed by atoms with E-state index in [-0.39, 0.29) is 0 Å². The van der Waals surface area contributed by atoms with E-state index in [1.807, 2.05) is 36.5 Å². The second kappa shape index (κ2) is 5.17. The van der Waals surface area contributed by atoms with Crippen LogP contribution in [-0.2, 0) is 6.61 Å². The van der Waals surface area contributed by atoms with Gasteiger partial charge in [0.15, 0.2) is 0 Å². The number of nitrogens with zero attached hydrogens (tertiary/aromatic N) is 1. The first kappa shape index (κ1) is 13.0. The summed E-state index contributed by atoms with van der Waals surface area (Å²) in [6.45, 7) is 4.56. The lowest BCUT2D eigenvalue weighted by atomic mass is 10.2. The van der Waals surface area contributed by atoms with Crippen LogP contribution in [0.1, 0.15) is 17.0 Å². The SMILES string of the molecule is Cc1[nH]c2c(COc3ccccc3Cl)nccc2c1C. The molecule has 0 radical (unpaired) electrons. The minimum Gasteiger partial charge on any atom is -0.486 e. The minimum absolute atomic E-state index is 0.389. The normalized spacial score (nSPS) is 10.9. The topological polar surface area (TPSA) is 37.9 Å². The van der Waals surface area contributed by atoms with Gasteiger partial charge in [-0.25, -0.2) is 0 Å². The summed E-state index contributed by atoms with van der Waals surface area (Å²) < 4.78 is 5.77. The van der Waals surface area contributed by atoms with Gasteiger partial charge in [-0.2, -0.15) is 0 Å². The van der Waals surface area contributed by atoms with E-state index < -0.39 is 0 Å². The van der Waals surface area contributed by atoms with Gasteiger partial charge in [-0.3, -0.25) is 4.98 Å². The number of rotatable bonds is 3. The Bertz CT molecular complexity index is 764. The molecule has 0 saturated carbocycles. The van der Waals surface area contributed by atoms with Crippen molar-refractivity contribution in [2.24, 2.45) is 0 Å². The van der Waals surface area contributed by atoms with Crippen LogP contribution in [0.4, 0.5) is 0 Å². The molecule has 4 heteroatoms. The number of para-hydroxylation sites is 1. The van der Waals surface area contributed by atoms with Crippen molar-refractivity contribution < 1.29 is 4.74 Å². The number of hydrogen-bond donors (Lipinski definition) is 1. The van der Waals surface area contributed by atoms with Crippen LogP contribution in [0.2, 0.25) is 5.02 Å². The number of ether oxygens (including phenoxy) is 1. The Morgan fingerprint density at radius 3 is 2.80 bits per heavy atom. The lowest BCUT2D eigenvalue weighted by Gasteiger charge is -2.08. The standard InChI is InChI=1S/C16H15ClN2O/c1-10-11(2)19-16-12(10)7-8-18-14(16)9-20-15-6-4-3-5-13(15)17/h3-8,19H,9H2,1-2H3. The van der Waals surface area contributed by atoms with E-state index in [9.17, 15) is 0 Å². The molecule has 0 unspecified atom stereocenters. The molecule has 20 heavy (non-hydrogen) atoms. The van der Waals surface area contributed by atoms with E-state index in [0.717, 1.165) is 16.9 Å². The monoisotopic (exact) mass is 286 g/mol. The summed E-state index contributed by atoms with van der Waals surface area (Å²) >= 11 is 6.08. The molecular formula is C16H15ClN2O. The molecule has 0 saturated heterocycles. The van der Waals surface area contributed by atoms with Gasteiger partial charge in [0, 0.05) is 17.3 Å². The lowest BCUT2D eigenvalue weighted by molar-refractivity contribution is 0.303. The second-order valence-corrected chi connectivity index (χ2v) is 5.18. The summed E-state index contributed by atoms with van der Waals surface area (Å²) in [6, 6.07) is 9.47. The molecule has 2 aromatic heterocycles. The Labute approximate surface area is 122 Å². The molecule has 1 aromatic carbocycles. The molecule has 0 aliphatic heterocycles. The van der Waals surface area contributed by atoms with Gasteiger partial charge in [-0.05, 0) is 37.6 Å². The minimum atomic E-state index is 0.389. The third kappa shape index (κ3) is 2.25. The van der Waals surface area contributed by atoms with Crippen molar-refractivity contribution in [3.05, 3.63) is 58.5 Å². The Kier molecular flexibility index (Phi) is 3.36. The maximum atomic E-state index is 6.08. The van der Waals surface area contributed by atoms with E-state index in [4.69, 9.17) is 16.3 Å². The van der Waals surface area contributed by atoms with Gasteiger partial charge in [0.1, 0.15) is 18.1 Å². The highest BCUT2D eigenvalue weighted by atomic mass is 35.5. The molecule has 0 fully saturated rings. The van der Waals surface area contributed by atoms with Gasteiger partial charge in [-0.1, -0.05) is 23.7 Å². The molecule has 0 amide bonds. The highest BCUT2D eigenvalue weighted by Gasteiger charge is 2.10. The van der Waals surface area contributed by atoms with Gasteiger partial charge >= 0.3 is 0 Å². The van der Waals surface area contributed by atoms with Crippen molar-refractivity contribution in [2.45, 2.75) is 20.5 Å². The van der Waals surface area contributed by atoms with E-state index in [1.54, 1.807) is 0 Å². The van der Waals surface area contributed by atoms with Crippen LogP contribution in [0.3, 0.4) is 0 Å². The molecule has 3 nitrogen and oxygen atoms in total. The number of benzene rings is 1. The predicted molar refractivity (Wildman–Crippen MR) is 81.4 cm³/mol. The maximum Gasteiger partial charge on any atom is 0.138 e. The summed E-state index contributed by atoms with van der Waals surface area (Å²) in [5, 5.41) is 1.80. The molecule has 2 heterocycles. The fourth-order valence-corrected chi connectivity index (χ4v) is 2.45. The van der Waals surface area contributed by atoms with Crippen molar-refractivity contribution in [3.63, 3.8) is 0 Å². The Morgan fingerprint density at radius 1 is 1.20 bits per heavy atom.